The van der Waals surface area contributed by atoms with E-state index >= 15 is 0 Å². The Hall–Kier alpha value is -1.44. The fourth-order valence-electron chi connectivity index (χ4n) is 2.30. The van der Waals surface area contributed by atoms with Crippen LogP contribution in [0.3, 0.4) is 0 Å². The monoisotopic (exact) mass is 281 g/mol. The molecular formula is C13H23N5O2. The van der Waals surface area contributed by atoms with Gasteiger partial charge in [0.2, 0.25) is 0 Å². The second-order valence-electron chi connectivity index (χ2n) is 5.24. The van der Waals surface area contributed by atoms with Gasteiger partial charge in [-0.1, -0.05) is 0 Å². The lowest BCUT2D eigenvalue weighted by Gasteiger charge is -2.33. The number of hydrogen-bond donors (Lipinski definition) is 2. The quantitative estimate of drug-likeness (QED) is 0.690. The molecular weight excluding hydrogens is 258 g/mol. The number of anilines is 1. The number of rotatable bonds is 5. The third-order valence-electron chi connectivity index (χ3n) is 3.55. The van der Waals surface area contributed by atoms with Crippen molar-refractivity contribution in [2.75, 3.05) is 51.7 Å². The Bertz CT molecular complexity index is 482. The third-order valence-corrected chi connectivity index (χ3v) is 3.55. The van der Waals surface area contributed by atoms with Crippen LogP contribution < -0.4 is 15.8 Å². The van der Waals surface area contributed by atoms with Gasteiger partial charge >= 0.3 is 0 Å². The molecule has 1 aliphatic heterocycles. The number of aliphatic hydroxyl groups excluding tert-OH is 1. The third kappa shape index (κ3) is 3.78. The van der Waals surface area contributed by atoms with E-state index < -0.39 is 6.10 Å². The van der Waals surface area contributed by atoms with Gasteiger partial charge in [-0.15, -0.1) is 0 Å². The lowest BCUT2D eigenvalue weighted by atomic mass is 10.3. The summed E-state index contributed by atoms with van der Waals surface area (Å²) < 4.78 is 1.31. The molecule has 0 aromatic carbocycles. The van der Waals surface area contributed by atoms with E-state index in [0.29, 0.717) is 6.54 Å². The van der Waals surface area contributed by atoms with Crippen LogP contribution in [0.1, 0.15) is 0 Å². The van der Waals surface area contributed by atoms with E-state index in [1.54, 1.807) is 19.3 Å². The maximum atomic E-state index is 12.0. The molecule has 1 saturated heterocycles. The first-order valence-electron chi connectivity index (χ1n) is 6.93. The molecule has 1 aromatic heterocycles. The first kappa shape index (κ1) is 15.0. The number of nitrogens with one attached hydrogen (secondary N) is 1. The number of aliphatic hydroxyl groups is 1. The summed E-state index contributed by atoms with van der Waals surface area (Å²) in [5.41, 5.74) is 0.694. The molecule has 20 heavy (non-hydrogen) atoms. The topological polar surface area (TPSA) is 73.6 Å². The smallest absolute Gasteiger partial charge is 0.268 e. The first-order valence-corrected chi connectivity index (χ1v) is 6.93. The molecule has 112 valence electrons. The minimum absolute atomic E-state index is 0.170. The lowest BCUT2D eigenvalue weighted by Crippen LogP contribution is -2.45. The Morgan fingerprint density at radius 3 is 2.70 bits per heavy atom. The lowest BCUT2D eigenvalue weighted by molar-refractivity contribution is 0.147. The normalized spacial score (nSPS) is 18.2. The standard InChI is InChI=1S/C13H23N5O2/c1-14-9-12(19)10-18-13(20)7-11(8-15-18)17-5-3-16(2)4-6-17/h7-8,12,14,19H,3-6,9-10H2,1-2H3. The molecule has 0 aliphatic carbocycles. The van der Waals surface area contributed by atoms with Crippen molar-refractivity contribution in [3.8, 4) is 0 Å². The van der Waals surface area contributed by atoms with Crippen molar-refractivity contribution in [1.29, 1.82) is 0 Å². The molecule has 1 unspecified atom stereocenters. The Morgan fingerprint density at radius 1 is 1.40 bits per heavy atom. The van der Waals surface area contributed by atoms with Gasteiger partial charge in [0.1, 0.15) is 0 Å². The molecule has 1 atom stereocenters. The summed E-state index contributed by atoms with van der Waals surface area (Å²) in [5, 5.41) is 16.7. The zero-order valence-electron chi connectivity index (χ0n) is 12.1. The van der Waals surface area contributed by atoms with Gasteiger partial charge in [-0.25, -0.2) is 4.68 Å². The van der Waals surface area contributed by atoms with Crippen molar-refractivity contribution in [2.45, 2.75) is 12.6 Å². The van der Waals surface area contributed by atoms with Crippen molar-refractivity contribution in [3.63, 3.8) is 0 Å². The highest BCUT2D eigenvalue weighted by Gasteiger charge is 2.15. The number of hydrogen-bond acceptors (Lipinski definition) is 6. The highest BCUT2D eigenvalue weighted by Crippen LogP contribution is 2.12. The maximum absolute atomic E-state index is 12.0. The molecule has 0 spiro atoms. The summed E-state index contributed by atoms with van der Waals surface area (Å²) in [6, 6.07) is 1.60. The summed E-state index contributed by atoms with van der Waals surface area (Å²) in [7, 11) is 3.85. The van der Waals surface area contributed by atoms with E-state index in [1.807, 2.05) is 0 Å². The largest absolute Gasteiger partial charge is 0.390 e. The van der Waals surface area contributed by atoms with Crippen molar-refractivity contribution in [3.05, 3.63) is 22.6 Å². The van der Waals surface area contributed by atoms with Crippen molar-refractivity contribution in [1.82, 2.24) is 20.0 Å². The van der Waals surface area contributed by atoms with Gasteiger partial charge in [0.25, 0.3) is 5.56 Å². The van der Waals surface area contributed by atoms with E-state index in [9.17, 15) is 9.90 Å². The van der Waals surface area contributed by atoms with Crippen molar-refractivity contribution < 1.29 is 5.11 Å². The maximum Gasteiger partial charge on any atom is 0.268 e. The SMILES string of the molecule is CNCC(O)Cn1ncc(N2CCN(C)CC2)cc1=O. The van der Waals surface area contributed by atoms with Crippen LogP contribution in [0.5, 0.6) is 0 Å². The van der Waals surface area contributed by atoms with Crippen LogP contribution in [0.25, 0.3) is 0 Å². The Balaban J connectivity index is 2.04. The molecule has 2 rings (SSSR count). The molecule has 0 amide bonds. The van der Waals surface area contributed by atoms with Gasteiger partial charge in [0.15, 0.2) is 0 Å². The van der Waals surface area contributed by atoms with Gasteiger partial charge in [-0.2, -0.15) is 5.10 Å². The van der Waals surface area contributed by atoms with Crippen LogP contribution >= 0.6 is 0 Å². The Labute approximate surface area is 118 Å². The van der Waals surface area contributed by atoms with Crippen LogP contribution in [0.4, 0.5) is 5.69 Å². The van der Waals surface area contributed by atoms with Crippen LogP contribution in [0.15, 0.2) is 17.1 Å². The van der Waals surface area contributed by atoms with E-state index in [2.05, 4.69) is 27.3 Å². The predicted octanol–water partition coefficient (Wildman–Crippen LogP) is -1.42. The zero-order chi connectivity index (χ0) is 14.5. The summed E-state index contributed by atoms with van der Waals surface area (Å²) in [4.78, 5) is 16.5. The van der Waals surface area contributed by atoms with Crippen LogP contribution in [0, 0.1) is 0 Å². The fraction of sp³-hybridized carbons (Fsp3) is 0.692. The van der Waals surface area contributed by atoms with Gasteiger partial charge in [0.05, 0.1) is 24.5 Å². The van der Waals surface area contributed by atoms with E-state index in [-0.39, 0.29) is 12.1 Å². The first-order chi connectivity index (χ1) is 9.60. The zero-order valence-corrected chi connectivity index (χ0v) is 12.1. The van der Waals surface area contributed by atoms with Crippen molar-refractivity contribution >= 4 is 5.69 Å². The Morgan fingerprint density at radius 2 is 2.10 bits per heavy atom. The van der Waals surface area contributed by atoms with E-state index in [1.165, 1.54) is 4.68 Å². The molecule has 2 heterocycles. The van der Waals surface area contributed by atoms with Crippen molar-refractivity contribution in [2.24, 2.45) is 0 Å². The predicted molar refractivity (Wildman–Crippen MR) is 78.1 cm³/mol. The molecule has 1 aromatic rings. The van der Waals surface area contributed by atoms with Gasteiger partial charge in [-0.05, 0) is 14.1 Å². The molecule has 2 N–H and O–H groups in total. The molecule has 7 heteroatoms. The van der Waals surface area contributed by atoms with Crippen LogP contribution in [-0.2, 0) is 6.54 Å². The second-order valence-corrected chi connectivity index (χ2v) is 5.24. The average Bonchev–Trinajstić information content (AvgIpc) is 2.42. The minimum Gasteiger partial charge on any atom is -0.390 e. The fourth-order valence-corrected chi connectivity index (χ4v) is 2.30. The molecule has 1 aliphatic rings. The summed E-state index contributed by atoms with van der Waals surface area (Å²) in [5.74, 6) is 0. The molecule has 0 saturated carbocycles. The summed E-state index contributed by atoms with van der Waals surface area (Å²) in [6.07, 6.45) is 1.10. The minimum atomic E-state index is -0.611. The van der Waals surface area contributed by atoms with Crippen LogP contribution in [-0.4, -0.2) is 72.7 Å². The number of piperazine rings is 1. The highest BCUT2D eigenvalue weighted by molar-refractivity contribution is 5.43. The number of likely N-dealkylation sites (N-methyl/N-ethyl adjacent to an activating group) is 2. The van der Waals surface area contributed by atoms with Gasteiger partial charge in [-0.3, -0.25) is 4.79 Å². The van der Waals surface area contributed by atoms with Gasteiger partial charge < -0.3 is 20.2 Å². The molecule has 1 fully saturated rings. The average molecular weight is 281 g/mol. The number of aromatic nitrogens is 2. The number of nitrogens with zero attached hydrogens (tertiary/aromatic N) is 4. The van der Waals surface area contributed by atoms with Gasteiger partial charge in [0, 0.05) is 38.8 Å². The molecule has 0 bridgehead atoms. The molecule has 0 radical (unpaired) electrons. The Kier molecular flexibility index (Phi) is 5.11. The summed E-state index contributed by atoms with van der Waals surface area (Å²) in [6.45, 7) is 4.44. The van der Waals surface area contributed by atoms with Crippen LogP contribution in [0.2, 0.25) is 0 Å². The highest BCUT2D eigenvalue weighted by atomic mass is 16.3. The second kappa shape index (κ2) is 6.83. The molecule has 7 nitrogen and oxygen atoms in total. The van der Waals surface area contributed by atoms with E-state index in [0.717, 1.165) is 31.9 Å². The van der Waals surface area contributed by atoms with E-state index in [4.69, 9.17) is 0 Å². The summed E-state index contributed by atoms with van der Waals surface area (Å²) >= 11 is 0.